The van der Waals surface area contributed by atoms with E-state index < -0.39 is 0 Å². The molecule has 0 spiro atoms. The van der Waals surface area contributed by atoms with Gasteiger partial charge in [-0.25, -0.2) is 0 Å². The number of nitrogens with zero attached hydrogens (tertiary/aromatic N) is 3. The zero-order chi connectivity index (χ0) is 11.1. The van der Waals surface area contributed by atoms with Crippen molar-refractivity contribution in [2.24, 2.45) is 5.73 Å². The third-order valence-corrected chi connectivity index (χ3v) is 2.75. The molecule has 7 heteroatoms. The van der Waals surface area contributed by atoms with E-state index in [-0.39, 0.29) is 11.9 Å². The van der Waals surface area contributed by atoms with Crippen molar-refractivity contribution in [3.8, 4) is 0 Å². The van der Waals surface area contributed by atoms with Gasteiger partial charge in [-0.1, -0.05) is 0 Å². The highest BCUT2D eigenvalue weighted by molar-refractivity contribution is 7.99. The molecule has 0 unspecified atom stereocenters. The van der Waals surface area contributed by atoms with E-state index in [4.69, 9.17) is 17.2 Å². The number of nitrogens with two attached hydrogens (primary N) is 3. The maximum absolute atomic E-state index is 5.45. The van der Waals surface area contributed by atoms with Crippen LogP contribution < -0.4 is 17.2 Å². The molecule has 15 heavy (non-hydrogen) atoms. The van der Waals surface area contributed by atoms with E-state index in [1.54, 1.807) is 0 Å². The molecule has 84 valence electrons. The molecule has 0 saturated carbocycles. The van der Waals surface area contributed by atoms with Gasteiger partial charge in [0.2, 0.25) is 11.9 Å². The molecular formula is C8H16N6S. The summed E-state index contributed by atoms with van der Waals surface area (Å²) in [4.78, 5) is 11.7. The maximum atomic E-state index is 5.45. The lowest BCUT2D eigenvalue weighted by molar-refractivity contribution is 0.916. The van der Waals surface area contributed by atoms with E-state index in [0.717, 1.165) is 30.9 Å². The molecule has 0 amide bonds. The Hall–Kier alpha value is -1.08. The van der Waals surface area contributed by atoms with Crippen molar-refractivity contribution in [2.45, 2.75) is 12.8 Å². The number of hydrogen-bond acceptors (Lipinski definition) is 7. The molecule has 6 nitrogen and oxygen atoms in total. The van der Waals surface area contributed by atoms with Gasteiger partial charge in [0.15, 0.2) is 0 Å². The first-order valence-electron chi connectivity index (χ1n) is 4.76. The van der Waals surface area contributed by atoms with Gasteiger partial charge in [0.05, 0.1) is 0 Å². The summed E-state index contributed by atoms with van der Waals surface area (Å²) in [6.45, 7) is 0.735. The number of anilines is 2. The highest BCUT2D eigenvalue weighted by atomic mass is 32.2. The molecular weight excluding hydrogens is 212 g/mol. The SMILES string of the molecule is NCCCSCCc1nc(N)nc(N)n1. The van der Waals surface area contributed by atoms with Gasteiger partial charge >= 0.3 is 0 Å². The lowest BCUT2D eigenvalue weighted by atomic mass is 10.4. The maximum Gasteiger partial charge on any atom is 0.225 e. The second-order valence-corrected chi connectivity index (χ2v) is 4.20. The fourth-order valence-corrected chi connectivity index (χ4v) is 1.92. The Morgan fingerprint density at radius 2 is 1.67 bits per heavy atom. The average Bonchev–Trinajstić information content (AvgIpc) is 2.16. The number of aryl methyl sites for hydroxylation is 1. The predicted octanol–water partition coefficient (Wildman–Crippen LogP) is -0.339. The van der Waals surface area contributed by atoms with Gasteiger partial charge in [-0.15, -0.1) is 0 Å². The van der Waals surface area contributed by atoms with E-state index in [9.17, 15) is 0 Å². The third kappa shape index (κ3) is 4.80. The zero-order valence-electron chi connectivity index (χ0n) is 8.52. The summed E-state index contributed by atoms with van der Waals surface area (Å²) in [6, 6.07) is 0. The van der Waals surface area contributed by atoms with Gasteiger partial charge in [0.1, 0.15) is 5.82 Å². The fourth-order valence-electron chi connectivity index (χ4n) is 1.02. The topological polar surface area (TPSA) is 117 Å². The summed E-state index contributed by atoms with van der Waals surface area (Å²) >= 11 is 1.82. The van der Waals surface area contributed by atoms with Crippen LogP contribution in [0.25, 0.3) is 0 Å². The first-order valence-corrected chi connectivity index (χ1v) is 5.91. The first kappa shape index (κ1) is 12.0. The van der Waals surface area contributed by atoms with Gasteiger partial charge < -0.3 is 17.2 Å². The van der Waals surface area contributed by atoms with Crippen molar-refractivity contribution in [1.82, 2.24) is 15.0 Å². The van der Waals surface area contributed by atoms with E-state index in [0.29, 0.717) is 5.82 Å². The summed E-state index contributed by atoms with van der Waals surface area (Å²) in [5.74, 6) is 3.03. The Morgan fingerprint density at radius 3 is 2.27 bits per heavy atom. The summed E-state index contributed by atoms with van der Waals surface area (Å²) in [6.07, 6.45) is 1.79. The van der Waals surface area contributed by atoms with Crippen molar-refractivity contribution in [3.05, 3.63) is 5.82 Å². The molecule has 1 heterocycles. The van der Waals surface area contributed by atoms with Crippen LogP contribution in [0.1, 0.15) is 12.2 Å². The van der Waals surface area contributed by atoms with Crippen LogP contribution in [0.4, 0.5) is 11.9 Å². The molecule has 0 aliphatic carbocycles. The summed E-state index contributed by atoms with van der Waals surface area (Å²) in [7, 11) is 0. The van der Waals surface area contributed by atoms with E-state index in [1.807, 2.05) is 11.8 Å². The quantitative estimate of drug-likeness (QED) is 0.570. The van der Waals surface area contributed by atoms with Gasteiger partial charge in [0, 0.05) is 12.2 Å². The number of thioether (sulfide) groups is 1. The summed E-state index contributed by atoms with van der Waals surface area (Å²) < 4.78 is 0. The van der Waals surface area contributed by atoms with Crippen molar-refractivity contribution in [2.75, 3.05) is 29.5 Å². The van der Waals surface area contributed by atoms with Crippen LogP contribution in [0.15, 0.2) is 0 Å². The molecule has 0 atom stereocenters. The Bertz CT molecular complexity index is 285. The molecule has 1 aromatic rings. The standard InChI is InChI=1S/C8H16N6S/c9-3-1-4-15-5-2-6-12-7(10)14-8(11)13-6/h1-5,9H2,(H4,10,11,12,13,14). The Labute approximate surface area is 93.1 Å². The molecule has 0 aliphatic rings. The number of nitrogen functional groups attached to an aromatic ring is 2. The number of aromatic nitrogens is 3. The number of rotatable bonds is 6. The molecule has 0 bridgehead atoms. The molecule has 0 radical (unpaired) electrons. The molecule has 0 aromatic carbocycles. The van der Waals surface area contributed by atoms with Gasteiger partial charge in [-0.3, -0.25) is 0 Å². The second kappa shape index (κ2) is 6.41. The van der Waals surface area contributed by atoms with E-state index in [2.05, 4.69) is 15.0 Å². The minimum Gasteiger partial charge on any atom is -0.368 e. The third-order valence-electron chi connectivity index (χ3n) is 1.68. The largest absolute Gasteiger partial charge is 0.368 e. The van der Waals surface area contributed by atoms with Crippen LogP contribution in [0.3, 0.4) is 0 Å². The lowest BCUT2D eigenvalue weighted by Gasteiger charge is -2.01. The van der Waals surface area contributed by atoms with Gasteiger partial charge in [0.25, 0.3) is 0 Å². The van der Waals surface area contributed by atoms with Crippen LogP contribution in [-0.2, 0) is 6.42 Å². The smallest absolute Gasteiger partial charge is 0.225 e. The van der Waals surface area contributed by atoms with Crippen molar-refractivity contribution in [3.63, 3.8) is 0 Å². The van der Waals surface area contributed by atoms with Crippen LogP contribution in [0.5, 0.6) is 0 Å². The summed E-state index contributed by atoms with van der Waals surface area (Å²) in [5.41, 5.74) is 16.3. The molecule has 6 N–H and O–H groups in total. The van der Waals surface area contributed by atoms with Gasteiger partial charge in [-0.2, -0.15) is 26.7 Å². The Balaban J connectivity index is 2.31. The molecule has 0 aliphatic heterocycles. The molecule has 1 aromatic heterocycles. The second-order valence-electron chi connectivity index (χ2n) is 2.97. The number of hydrogen-bond donors (Lipinski definition) is 3. The zero-order valence-corrected chi connectivity index (χ0v) is 9.33. The molecule has 0 fully saturated rings. The highest BCUT2D eigenvalue weighted by Crippen LogP contribution is 2.06. The molecule has 0 saturated heterocycles. The van der Waals surface area contributed by atoms with Crippen molar-refractivity contribution < 1.29 is 0 Å². The minimum atomic E-state index is 0.185. The van der Waals surface area contributed by atoms with Crippen LogP contribution >= 0.6 is 11.8 Å². The lowest BCUT2D eigenvalue weighted by Crippen LogP contribution is -2.07. The van der Waals surface area contributed by atoms with E-state index in [1.165, 1.54) is 0 Å². The molecule has 1 rings (SSSR count). The normalized spacial score (nSPS) is 10.5. The van der Waals surface area contributed by atoms with Crippen LogP contribution in [0, 0.1) is 0 Å². The minimum absolute atomic E-state index is 0.185. The first-order chi connectivity index (χ1) is 7.22. The van der Waals surface area contributed by atoms with Crippen molar-refractivity contribution in [1.29, 1.82) is 0 Å². The highest BCUT2D eigenvalue weighted by Gasteiger charge is 2.01. The Kier molecular flexibility index (Phi) is 5.13. The van der Waals surface area contributed by atoms with Crippen LogP contribution in [0.2, 0.25) is 0 Å². The average molecular weight is 228 g/mol. The monoisotopic (exact) mass is 228 g/mol. The van der Waals surface area contributed by atoms with Crippen LogP contribution in [-0.4, -0.2) is 33.0 Å². The van der Waals surface area contributed by atoms with E-state index >= 15 is 0 Å². The van der Waals surface area contributed by atoms with Gasteiger partial charge in [-0.05, 0) is 18.7 Å². The fraction of sp³-hybridized carbons (Fsp3) is 0.625. The predicted molar refractivity (Wildman–Crippen MR) is 63.4 cm³/mol. The van der Waals surface area contributed by atoms with Crippen molar-refractivity contribution >= 4 is 23.7 Å². The summed E-state index contributed by atoms with van der Waals surface area (Å²) in [5, 5.41) is 0. The Morgan fingerprint density at radius 1 is 1.00 bits per heavy atom.